The van der Waals surface area contributed by atoms with Crippen LogP contribution in [0.2, 0.25) is 5.02 Å². The molecule has 0 amide bonds. The molecular weight excluding hydrogens is 469 g/mol. The average molecular weight is 488 g/mol. The first-order valence-corrected chi connectivity index (χ1v) is 11.7. The molecule has 0 spiro atoms. The van der Waals surface area contributed by atoms with Gasteiger partial charge < -0.3 is 9.64 Å². The van der Waals surface area contributed by atoms with E-state index in [4.69, 9.17) is 21.5 Å². The maximum atomic E-state index is 12.2. The second-order valence-electron chi connectivity index (χ2n) is 6.48. The molecule has 2 aromatic rings. The van der Waals surface area contributed by atoms with Crippen LogP contribution in [0, 0.1) is 5.82 Å². The minimum absolute atomic E-state index is 0.174. The van der Waals surface area contributed by atoms with E-state index in [1.165, 1.54) is 30.6 Å². The van der Waals surface area contributed by atoms with Crippen molar-refractivity contribution in [3.8, 4) is 0 Å². The molecule has 1 atom stereocenters. The summed E-state index contributed by atoms with van der Waals surface area (Å²) in [7, 11) is -2.53. The lowest BCUT2D eigenvalue weighted by Crippen LogP contribution is -2.42. The van der Waals surface area contributed by atoms with Crippen LogP contribution in [-0.4, -0.2) is 56.3 Å². The molecule has 1 saturated heterocycles. The number of fused-ring (bicyclic) bond motifs is 1. The number of hydrogen-bond donors (Lipinski definition) is 2. The number of thiazole rings is 1. The Morgan fingerprint density at radius 1 is 1.42 bits per heavy atom. The van der Waals surface area contributed by atoms with Gasteiger partial charge in [-0.15, -0.1) is 11.3 Å². The van der Waals surface area contributed by atoms with Gasteiger partial charge in [0.2, 0.25) is 0 Å². The lowest BCUT2D eigenvalue weighted by atomic mass is 10.1. The van der Waals surface area contributed by atoms with Crippen LogP contribution in [0.5, 0.6) is 0 Å². The maximum absolute atomic E-state index is 12.2. The van der Waals surface area contributed by atoms with Crippen molar-refractivity contribution in [3.63, 3.8) is 0 Å². The van der Waals surface area contributed by atoms with Gasteiger partial charge in [0.1, 0.15) is 5.82 Å². The van der Waals surface area contributed by atoms with E-state index in [-0.39, 0.29) is 17.4 Å². The van der Waals surface area contributed by atoms with Crippen LogP contribution in [0.15, 0.2) is 52.1 Å². The summed E-state index contributed by atoms with van der Waals surface area (Å²) in [5.74, 6) is -0.210. The molecule has 166 valence electrons. The van der Waals surface area contributed by atoms with Crippen LogP contribution in [0.1, 0.15) is 11.4 Å². The number of nitrogens with two attached hydrogens (primary N) is 1. The van der Waals surface area contributed by atoms with Gasteiger partial charge in [0.15, 0.2) is 10.8 Å². The summed E-state index contributed by atoms with van der Waals surface area (Å²) in [6, 6.07) is 5.68. The van der Waals surface area contributed by atoms with Gasteiger partial charge in [-0.05, 0) is 12.1 Å². The zero-order valence-electron chi connectivity index (χ0n) is 16.3. The number of aromatic nitrogens is 1. The molecular formula is C18H19ClFN5O4S2. The third-order valence-corrected chi connectivity index (χ3v) is 6.11. The van der Waals surface area contributed by atoms with Crippen LogP contribution in [0.25, 0.3) is 0 Å². The number of methoxy groups -OCH3 is 1. The Morgan fingerprint density at radius 3 is 2.71 bits per heavy atom. The minimum Gasteiger partial charge on any atom is -0.466 e. The summed E-state index contributed by atoms with van der Waals surface area (Å²) in [5.41, 5.74) is 1.12. The number of nitrogens with zero attached hydrogens (tertiary/aromatic N) is 3. The molecule has 1 aromatic heterocycles. The highest BCUT2D eigenvalue weighted by atomic mass is 35.5. The van der Waals surface area contributed by atoms with Crippen molar-refractivity contribution in [1.29, 1.82) is 0 Å². The lowest BCUT2D eigenvalue weighted by Gasteiger charge is -2.26. The summed E-state index contributed by atoms with van der Waals surface area (Å²) in [6.45, 7) is 0.500. The minimum atomic E-state index is -3.83. The highest BCUT2D eigenvalue weighted by molar-refractivity contribution is 7.87. The van der Waals surface area contributed by atoms with E-state index >= 15 is 0 Å². The normalized spacial score (nSPS) is 18.1. The standard InChI is InChI=1S/C12H15N5O4S2.C6H4ClF/c1-21-12(18)8-5-15-10(11-14-2-3-22-11)17-6-7(4-9(8)17)16-23(13,19)20;7-5-3-1-2-4-6(5)8/h2-3,7,16H,4-6H2,1H3,(H2,13,19,20);1-4H. The first kappa shape index (κ1) is 23.3. The number of aliphatic imine (C=N–C) groups is 1. The van der Waals surface area contributed by atoms with Crippen LogP contribution < -0.4 is 9.86 Å². The van der Waals surface area contributed by atoms with Crippen molar-refractivity contribution < 1.29 is 22.3 Å². The molecule has 2 aliphatic heterocycles. The molecule has 1 aromatic carbocycles. The van der Waals surface area contributed by atoms with E-state index < -0.39 is 22.2 Å². The van der Waals surface area contributed by atoms with Gasteiger partial charge in [-0.3, -0.25) is 4.99 Å². The summed E-state index contributed by atoms with van der Waals surface area (Å²) >= 11 is 6.76. The number of rotatable bonds is 4. The quantitative estimate of drug-likeness (QED) is 0.631. The van der Waals surface area contributed by atoms with E-state index in [1.807, 2.05) is 5.38 Å². The smallest absolute Gasteiger partial charge is 0.337 e. The Kier molecular flexibility index (Phi) is 7.38. The van der Waals surface area contributed by atoms with E-state index in [2.05, 4.69) is 14.7 Å². The summed E-state index contributed by atoms with van der Waals surface area (Å²) in [4.78, 5) is 22.4. The third kappa shape index (κ3) is 5.86. The van der Waals surface area contributed by atoms with E-state index in [1.54, 1.807) is 23.2 Å². The Bertz CT molecular complexity index is 1100. The monoisotopic (exact) mass is 487 g/mol. The van der Waals surface area contributed by atoms with Crippen molar-refractivity contribution >= 4 is 45.0 Å². The van der Waals surface area contributed by atoms with Gasteiger partial charge in [0.25, 0.3) is 10.2 Å². The number of amidine groups is 1. The average Bonchev–Trinajstić information content (AvgIpc) is 3.38. The molecule has 3 heterocycles. The summed E-state index contributed by atoms with van der Waals surface area (Å²) < 4.78 is 41.9. The van der Waals surface area contributed by atoms with Crippen molar-refractivity contribution in [3.05, 3.63) is 63.0 Å². The molecule has 31 heavy (non-hydrogen) atoms. The molecule has 0 bridgehead atoms. The van der Waals surface area contributed by atoms with Crippen LogP contribution in [0.4, 0.5) is 4.39 Å². The fourth-order valence-corrected chi connectivity index (χ4v) is 4.55. The highest BCUT2D eigenvalue weighted by Gasteiger charge is 2.38. The van der Waals surface area contributed by atoms with Gasteiger partial charge >= 0.3 is 5.97 Å². The molecule has 0 radical (unpaired) electrons. The largest absolute Gasteiger partial charge is 0.466 e. The molecule has 2 aliphatic rings. The number of halogens is 2. The number of carbonyl (C=O) groups excluding carboxylic acids is 1. The van der Waals surface area contributed by atoms with E-state index in [0.717, 1.165) is 0 Å². The highest BCUT2D eigenvalue weighted by Crippen LogP contribution is 2.31. The molecule has 4 rings (SSSR count). The predicted molar refractivity (Wildman–Crippen MR) is 115 cm³/mol. The SMILES string of the molecule is COC(=O)C1=C2CC(NS(N)(=O)=O)CN2C(c2nccs2)=NC1.Fc1ccccc1Cl. The first-order chi connectivity index (χ1) is 14.7. The third-order valence-electron chi connectivity index (χ3n) is 4.37. The number of nitrogens with one attached hydrogen (secondary N) is 1. The van der Waals surface area contributed by atoms with E-state index in [9.17, 15) is 17.6 Å². The fourth-order valence-electron chi connectivity index (χ4n) is 3.14. The summed E-state index contributed by atoms with van der Waals surface area (Å²) in [6.07, 6.45) is 2.00. The second-order valence-corrected chi connectivity index (χ2v) is 9.11. The fraction of sp³-hybridized carbons (Fsp3) is 0.278. The number of ether oxygens (including phenoxy) is 1. The Morgan fingerprint density at radius 2 is 2.16 bits per heavy atom. The molecule has 13 heteroatoms. The van der Waals surface area contributed by atoms with Gasteiger partial charge in [-0.2, -0.15) is 13.1 Å². The topological polar surface area (TPSA) is 127 Å². The molecule has 9 nitrogen and oxygen atoms in total. The van der Waals surface area contributed by atoms with Crippen molar-refractivity contribution in [2.24, 2.45) is 10.1 Å². The maximum Gasteiger partial charge on any atom is 0.337 e. The van der Waals surface area contributed by atoms with Crippen LogP contribution in [-0.2, 0) is 19.7 Å². The zero-order chi connectivity index (χ0) is 22.6. The van der Waals surface area contributed by atoms with Crippen molar-refractivity contribution in [2.45, 2.75) is 12.5 Å². The molecule has 1 unspecified atom stereocenters. The lowest BCUT2D eigenvalue weighted by molar-refractivity contribution is -0.136. The second kappa shape index (κ2) is 9.83. The number of benzene rings is 1. The Labute approximate surface area is 187 Å². The number of hydrogen-bond acceptors (Lipinski definition) is 8. The summed E-state index contributed by atoms with van der Waals surface area (Å²) in [5, 5.41) is 7.76. The number of esters is 1. The van der Waals surface area contributed by atoms with Crippen molar-refractivity contribution in [2.75, 3.05) is 20.2 Å². The van der Waals surface area contributed by atoms with Gasteiger partial charge in [-0.25, -0.2) is 19.3 Å². The Hall–Kier alpha value is -2.38. The molecule has 1 fully saturated rings. The van der Waals surface area contributed by atoms with Crippen molar-refractivity contribution in [1.82, 2.24) is 14.6 Å². The number of carbonyl (C=O) groups is 1. The molecule has 0 aliphatic carbocycles. The van der Waals surface area contributed by atoms with Gasteiger partial charge in [0.05, 0.1) is 24.3 Å². The first-order valence-electron chi connectivity index (χ1n) is 8.92. The van der Waals surface area contributed by atoms with Crippen LogP contribution >= 0.6 is 22.9 Å². The van der Waals surface area contributed by atoms with Crippen LogP contribution in [0.3, 0.4) is 0 Å². The van der Waals surface area contributed by atoms with E-state index in [0.29, 0.717) is 35.1 Å². The van der Waals surface area contributed by atoms with Gasteiger partial charge in [-0.1, -0.05) is 23.7 Å². The predicted octanol–water partition coefficient (Wildman–Crippen LogP) is 1.68. The molecule has 0 saturated carbocycles. The van der Waals surface area contributed by atoms with Gasteiger partial charge in [0, 0.05) is 36.3 Å². The Balaban J connectivity index is 0.000000287. The molecule has 3 N–H and O–H groups in total. The zero-order valence-corrected chi connectivity index (χ0v) is 18.7.